The Morgan fingerprint density at radius 2 is 2.25 bits per heavy atom. The van der Waals surface area contributed by atoms with Gasteiger partial charge in [-0.1, -0.05) is 6.07 Å². The average molecular weight is 399 g/mol. The molecule has 28 heavy (non-hydrogen) atoms. The Labute approximate surface area is 166 Å². The van der Waals surface area contributed by atoms with Crippen molar-refractivity contribution in [3.63, 3.8) is 0 Å². The molecule has 1 atom stereocenters. The van der Waals surface area contributed by atoms with Crippen LogP contribution < -0.4 is 0 Å². The highest BCUT2D eigenvalue weighted by molar-refractivity contribution is 7.09. The summed E-state index contributed by atoms with van der Waals surface area (Å²) in [5, 5.41) is 13.7. The van der Waals surface area contributed by atoms with Gasteiger partial charge in [0.25, 0.3) is 5.69 Å². The Balaban J connectivity index is 1.53. The van der Waals surface area contributed by atoms with Crippen LogP contribution in [0.1, 0.15) is 17.7 Å². The summed E-state index contributed by atoms with van der Waals surface area (Å²) >= 11 is 1.64. The Bertz CT molecular complexity index is 977. The van der Waals surface area contributed by atoms with E-state index < -0.39 is 4.92 Å². The lowest BCUT2D eigenvalue weighted by Crippen LogP contribution is -2.38. The van der Waals surface area contributed by atoms with E-state index in [1.54, 1.807) is 23.5 Å². The number of carbonyl (C=O) groups excluding carboxylic acids is 1. The van der Waals surface area contributed by atoms with Crippen molar-refractivity contribution < 1.29 is 14.5 Å². The summed E-state index contributed by atoms with van der Waals surface area (Å²) in [6.07, 6.45) is 3.91. The van der Waals surface area contributed by atoms with E-state index >= 15 is 0 Å². The highest BCUT2D eigenvalue weighted by Crippen LogP contribution is 2.23. The fourth-order valence-corrected chi connectivity index (χ4v) is 4.28. The molecule has 0 bridgehead atoms. The van der Waals surface area contributed by atoms with Gasteiger partial charge in [0, 0.05) is 47.3 Å². The minimum Gasteiger partial charge on any atom is -0.376 e. The number of nitro groups is 1. The smallest absolute Gasteiger partial charge is 0.270 e. The predicted molar refractivity (Wildman–Crippen MR) is 107 cm³/mol. The lowest BCUT2D eigenvalue weighted by atomic mass is 10.2. The molecular weight excluding hydrogens is 378 g/mol. The third-order valence-corrected chi connectivity index (χ3v) is 5.86. The van der Waals surface area contributed by atoms with Gasteiger partial charge in [0.1, 0.15) is 6.54 Å². The largest absolute Gasteiger partial charge is 0.376 e. The van der Waals surface area contributed by atoms with Crippen LogP contribution in [0.3, 0.4) is 0 Å². The first kappa shape index (κ1) is 18.6. The molecule has 1 aliphatic rings. The van der Waals surface area contributed by atoms with E-state index in [1.807, 2.05) is 33.2 Å². The van der Waals surface area contributed by atoms with E-state index in [2.05, 4.69) is 0 Å². The van der Waals surface area contributed by atoms with Crippen molar-refractivity contribution in [2.75, 3.05) is 13.2 Å². The molecule has 0 saturated carbocycles. The van der Waals surface area contributed by atoms with E-state index in [4.69, 9.17) is 4.74 Å². The third kappa shape index (κ3) is 4.07. The summed E-state index contributed by atoms with van der Waals surface area (Å²) in [7, 11) is 0. The molecule has 1 amide bonds. The number of amides is 1. The van der Waals surface area contributed by atoms with Gasteiger partial charge in [0.15, 0.2) is 0 Å². The van der Waals surface area contributed by atoms with Crippen LogP contribution in [0, 0.1) is 10.1 Å². The zero-order valence-corrected chi connectivity index (χ0v) is 16.1. The van der Waals surface area contributed by atoms with Gasteiger partial charge in [-0.15, -0.1) is 11.3 Å². The van der Waals surface area contributed by atoms with Crippen LogP contribution in [0.4, 0.5) is 5.69 Å². The summed E-state index contributed by atoms with van der Waals surface area (Å²) in [5.74, 6) is 0.0137. The van der Waals surface area contributed by atoms with E-state index in [1.165, 1.54) is 12.1 Å². The third-order valence-electron chi connectivity index (χ3n) is 5.00. The van der Waals surface area contributed by atoms with E-state index in [0.29, 0.717) is 13.1 Å². The number of aromatic nitrogens is 1. The molecule has 146 valence electrons. The number of hydrogen-bond donors (Lipinski definition) is 0. The minimum atomic E-state index is -0.410. The van der Waals surface area contributed by atoms with Crippen molar-refractivity contribution in [3.8, 4) is 0 Å². The van der Waals surface area contributed by atoms with Crippen molar-refractivity contribution >= 4 is 33.8 Å². The highest BCUT2D eigenvalue weighted by Gasteiger charge is 2.23. The fraction of sp³-hybridized carbons (Fsp3) is 0.350. The van der Waals surface area contributed by atoms with Crippen LogP contribution >= 0.6 is 11.3 Å². The number of fused-ring (bicyclic) bond motifs is 1. The molecule has 2 aromatic heterocycles. The van der Waals surface area contributed by atoms with Crippen LogP contribution in [0.25, 0.3) is 10.9 Å². The summed E-state index contributed by atoms with van der Waals surface area (Å²) in [5.41, 5.74) is 0.862. The van der Waals surface area contributed by atoms with Gasteiger partial charge in [-0.05, 0) is 36.4 Å². The molecule has 1 saturated heterocycles. The van der Waals surface area contributed by atoms with Crippen LogP contribution in [0.2, 0.25) is 0 Å². The van der Waals surface area contributed by atoms with E-state index in [-0.39, 0.29) is 24.2 Å². The molecule has 0 radical (unpaired) electrons. The molecule has 7 nitrogen and oxygen atoms in total. The molecule has 8 heteroatoms. The maximum atomic E-state index is 13.1. The quantitative estimate of drug-likeness (QED) is 0.447. The number of benzene rings is 1. The van der Waals surface area contributed by atoms with Gasteiger partial charge in [-0.3, -0.25) is 14.9 Å². The van der Waals surface area contributed by atoms with E-state index in [0.717, 1.165) is 35.2 Å². The number of nitro benzene ring substituents is 1. The second kappa shape index (κ2) is 8.12. The summed E-state index contributed by atoms with van der Waals surface area (Å²) in [6, 6.07) is 10.5. The molecule has 1 unspecified atom stereocenters. The van der Waals surface area contributed by atoms with E-state index in [9.17, 15) is 14.9 Å². The molecule has 3 heterocycles. The van der Waals surface area contributed by atoms with Crippen molar-refractivity contribution in [1.82, 2.24) is 9.47 Å². The SMILES string of the molecule is O=C(Cn1ccc2cc([N+](=O)[O-])ccc21)N(Cc1cccs1)CC1CCCO1. The number of nitrogens with zero attached hydrogens (tertiary/aromatic N) is 3. The molecule has 1 aliphatic heterocycles. The fourth-order valence-electron chi connectivity index (χ4n) is 3.56. The Kier molecular flexibility index (Phi) is 5.40. The molecule has 4 rings (SSSR count). The molecule has 0 N–H and O–H groups in total. The first-order chi connectivity index (χ1) is 13.6. The Morgan fingerprint density at radius 1 is 1.36 bits per heavy atom. The lowest BCUT2D eigenvalue weighted by molar-refractivity contribution is -0.384. The van der Waals surface area contributed by atoms with Gasteiger partial charge in [-0.2, -0.15) is 0 Å². The summed E-state index contributed by atoms with van der Waals surface area (Å²) in [4.78, 5) is 26.6. The predicted octanol–water partition coefficient (Wildman–Crippen LogP) is 3.82. The number of rotatable bonds is 7. The molecule has 1 aromatic carbocycles. The first-order valence-corrected chi connectivity index (χ1v) is 10.1. The second-order valence-corrected chi connectivity index (χ2v) is 7.96. The van der Waals surface area contributed by atoms with Crippen LogP contribution in [0.5, 0.6) is 0 Å². The lowest BCUT2D eigenvalue weighted by Gasteiger charge is -2.25. The minimum absolute atomic E-state index is 0.0137. The number of carbonyl (C=O) groups is 1. The van der Waals surface area contributed by atoms with Crippen LogP contribution in [-0.2, 0) is 22.6 Å². The molecule has 3 aromatic rings. The van der Waals surface area contributed by atoms with Crippen molar-refractivity contribution in [3.05, 3.63) is 63.0 Å². The number of hydrogen-bond acceptors (Lipinski definition) is 5. The van der Waals surface area contributed by atoms with Gasteiger partial charge in [0.2, 0.25) is 5.91 Å². The van der Waals surface area contributed by atoms with Gasteiger partial charge >= 0.3 is 0 Å². The maximum Gasteiger partial charge on any atom is 0.270 e. The molecule has 0 spiro atoms. The van der Waals surface area contributed by atoms with Crippen molar-refractivity contribution in [2.45, 2.75) is 32.0 Å². The zero-order valence-electron chi connectivity index (χ0n) is 15.3. The summed E-state index contributed by atoms with van der Waals surface area (Å²) in [6.45, 7) is 2.11. The van der Waals surface area contributed by atoms with Gasteiger partial charge in [0.05, 0.1) is 17.6 Å². The van der Waals surface area contributed by atoms with Crippen molar-refractivity contribution in [2.24, 2.45) is 0 Å². The normalized spacial score (nSPS) is 16.5. The molecule has 0 aliphatic carbocycles. The monoisotopic (exact) mass is 399 g/mol. The van der Waals surface area contributed by atoms with Crippen LogP contribution in [-0.4, -0.2) is 39.6 Å². The molecule has 1 fully saturated rings. The number of ether oxygens (including phenoxy) is 1. The maximum absolute atomic E-state index is 13.1. The zero-order chi connectivity index (χ0) is 19.5. The average Bonchev–Trinajstić information content (AvgIpc) is 3.43. The summed E-state index contributed by atoms with van der Waals surface area (Å²) < 4.78 is 7.58. The topological polar surface area (TPSA) is 77.6 Å². The molecular formula is C20H21N3O4S. The van der Waals surface area contributed by atoms with Crippen LogP contribution in [0.15, 0.2) is 48.0 Å². The van der Waals surface area contributed by atoms with Crippen molar-refractivity contribution in [1.29, 1.82) is 0 Å². The highest BCUT2D eigenvalue weighted by atomic mass is 32.1. The second-order valence-electron chi connectivity index (χ2n) is 6.93. The Hall–Kier alpha value is -2.71. The first-order valence-electron chi connectivity index (χ1n) is 9.25. The standard InChI is InChI=1S/C20H21N3O4S/c24-20(14-21-8-7-15-11-16(23(25)26)5-6-19(15)21)22(12-17-3-1-9-27-17)13-18-4-2-10-28-18/h2,4-8,10-11,17H,1,3,9,12-14H2. The van der Waals surface area contributed by atoms with Gasteiger partial charge < -0.3 is 14.2 Å². The van der Waals surface area contributed by atoms with Gasteiger partial charge in [-0.25, -0.2) is 0 Å². The number of thiophene rings is 1. The Morgan fingerprint density at radius 3 is 2.96 bits per heavy atom. The number of non-ortho nitro benzene ring substituents is 1.